The van der Waals surface area contributed by atoms with Crippen LogP contribution in [0, 0.1) is 0 Å². The molecule has 3 amide bonds. The van der Waals surface area contributed by atoms with Crippen LogP contribution in [-0.4, -0.2) is 24.3 Å². The Morgan fingerprint density at radius 1 is 0.912 bits per heavy atom. The third-order valence-electron chi connectivity index (χ3n) is 4.94. The van der Waals surface area contributed by atoms with Crippen molar-refractivity contribution in [2.24, 2.45) is 0 Å². The molecule has 4 rings (SSSR count). The van der Waals surface area contributed by atoms with Crippen molar-refractivity contribution in [3.63, 3.8) is 0 Å². The van der Waals surface area contributed by atoms with Crippen LogP contribution in [0.25, 0.3) is 0 Å². The Morgan fingerprint density at radius 2 is 1.65 bits per heavy atom. The minimum Gasteiger partial charge on any atom is -0.494 e. The summed E-state index contributed by atoms with van der Waals surface area (Å²) in [6.07, 6.45) is 0. The van der Waals surface area contributed by atoms with Crippen LogP contribution in [0.2, 0.25) is 5.02 Å². The van der Waals surface area contributed by atoms with Gasteiger partial charge in [0.15, 0.2) is 0 Å². The van der Waals surface area contributed by atoms with Gasteiger partial charge in [0.25, 0.3) is 17.7 Å². The lowest BCUT2D eigenvalue weighted by Crippen LogP contribution is -2.32. The molecule has 2 N–H and O–H groups in total. The maximum absolute atomic E-state index is 13.0. The van der Waals surface area contributed by atoms with Crippen molar-refractivity contribution in [2.75, 3.05) is 22.1 Å². The van der Waals surface area contributed by atoms with Crippen molar-refractivity contribution in [3.8, 4) is 5.75 Å². The summed E-state index contributed by atoms with van der Waals surface area (Å²) < 4.78 is 5.40. The number of rotatable bonds is 7. The largest absolute Gasteiger partial charge is 0.494 e. The van der Waals surface area contributed by atoms with Crippen LogP contribution in [0.15, 0.2) is 83.5 Å². The van der Waals surface area contributed by atoms with Crippen LogP contribution in [0.3, 0.4) is 0 Å². The molecule has 9 heteroatoms. The standard InChI is InChI=1S/C25H19Cl2N3O4/c1-2-34-18-12-10-16(11-13-18)29-23(31)15-6-5-7-17(14-15)28-22-21(27)24(32)30(25(22)33)20-9-4-3-8-19(20)26/h3-14,28H,2H2,1H3,(H,29,31). The summed E-state index contributed by atoms with van der Waals surface area (Å²) in [6, 6.07) is 20.0. The Labute approximate surface area is 205 Å². The summed E-state index contributed by atoms with van der Waals surface area (Å²) >= 11 is 12.3. The van der Waals surface area contributed by atoms with Gasteiger partial charge in [-0.25, -0.2) is 4.90 Å². The highest BCUT2D eigenvalue weighted by Gasteiger charge is 2.39. The predicted molar refractivity (Wildman–Crippen MR) is 132 cm³/mol. The number of nitrogens with zero attached hydrogens (tertiary/aromatic N) is 1. The number of benzene rings is 3. The Morgan fingerprint density at radius 3 is 2.35 bits per heavy atom. The van der Waals surface area contributed by atoms with Gasteiger partial charge in [-0.2, -0.15) is 0 Å². The van der Waals surface area contributed by atoms with E-state index in [0.717, 1.165) is 4.90 Å². The lowest BCUT2D eigenvalue weighted by molar-refractivity contribution is -0.120. The number of ether oxygens (including phenoxy) is 1. The van der Waals surface area contributed by atoms with E-state index >= 15 is 0 Å². The molecule has 3 aromatic carbocycles. The van der Waals surface area contributed by atoms with Gasteiger partial charge >= 0.3 is 0 Å². The minimum atomic E-state index is -0.688. The SMILES string of the molecule is CCOc1ccc(NC(=O)c2cccc(NC3=C(Cl)C(=O)N(c4ccccc4Cl)C3=O)c2)cc1. The molecule has 7 nitrogen and oxygen atoms in total. The van der Waals surface area contributed by atoms with E-state index in [9.17, 15) is 14.4 Å². The molecule has 0 saturated heterocycles. The number of anilines is 3. The van der Waals surface area contributed by atoms with Crippen molar-refractivity contribution in [3.05, 3.63) is 94.1 Å². The van der Waals surface area contributed by atoms with Gasteiger partial charge in [0.1, 0.15) is 16.5 Å². The molecule has 0 bridgehead atoms. The van der Waals surface area contributed by atoms with Crippen LogP contribution in [-0.2, 0) is 9.59 Å². The highest BCUT2D eigenvalue weighted by molar-refractivity contribution is 6.53. The summed E-state index contributed by atoms with van der Waals surface area (Å²) in [4.78, 5) is 39.3. The fourth-order valence-corrected chi connectivity index (χ4v) is 3.78. The second-order valence-electron chi connectivity index (χ2n) is 7.20. The molecule has 34 heavy (non-hydrogen) atoms. The lowest BCUT2D eigenvalue weighted by Gasteiger charge is -2.16. The zero-order valence-corrected chi connectivity index (χ0v) is 19.5. The first-order chi connectivity index (χ1) is 16.4. The maximum atomic E-state index is 13.0. The number of imide groups is 1. The quantitative estimate of drug-likeness (QED) is 0.426. The van der Waals surface area contributed by atoms with Crippen LogP contribution >= 0.6 is 23.2 Å². The molecule has 0 radical (unpaired) electrons. The Bertz CT molecular complexity index is 1310. The van der Waals surface area contributed by atoms with Crippen LogP contribution in [0.4, 0.5) is 17.1 Å². The van der Waals surface area contributed by atoms with E-state index in [-0.39, 0.29) is 27.3 Å². The smallest absolute Gasteiger partial charge is 0.283 e. The molecule has 0 spiro atoms. The topological polar surface area (TPSA) is 87.7 Å². The zero-order chi connectivity index (χ0) is 24.2. The minimum absolute atomic E-state index is 0.101. The van der Waals surface area contributed by atoms with E-state index in [1.807, 2.05) is 6.92 Å². The van der Waals surface area contributed by atoms with Gasteiger partial charge < -0.3 is 15.4 Å². The van der Waals surface area contributed by atoms with E-state index in [0.29, 0.717) is 29.3 Å². The van der Waals surface area contributed by atoms with Gasteiger partial charge in [0, 0.05) is 16.9 Å². The average molecular weight is 496 g/mol. The molecule has 1 heterocycles. The molecule has 1 aliphatic rings. The lowest BCUT2D eigenvalue weighted by atomic mass is 10.1. The van der Waals surface area contributed by atoms with Crippen molar-refractivity contribution in [1.29, 1.82) is 0 Å². The average Bonchev–Trinajstić information content (AvgIpc) is 3.04. The first-order valence-corrected chi connectivity index (χ1v) is 11.1. The molecule has 0 aromatic heterocycles. The molecule has 0 aliphatic carbocycles. The number of para-hydroxylation sites is 1. The van der Waals surface area contributed by atoms with Crippen LogP contribution in [0.5, 0.6) is 5.75 Å². The Hall–Kier alpha value is -3.81. The molecule has 0 fully saturated rings. The highest BCUT2D eigenvalue weighted by Crippen LogP contribution is 2.34. The summed E-state index contributed by atoms with van der Waals surface area (Å²) in [6.45, 7) is 2.44. The van der Waals surface area contributed by atoms with E-state index in [4.69, 9.17) is 27.9 Å². The number of nitrogens with one attached hydrogen (secondary N) is 2. The fourth-order valence-electron chi connectivity index (χ4n) is 3.35. The van der Waals surface area contributed by atoms with E-state index in [1.54, 1.807) is 72.8 Å². The second kappa shape index (κ2) is 9.99. The number of carbonyl (C=O) groups excluding carboxylic acids is 3. The Balaban J connectivity index is 1.51. The van der Waals surface area contributed by atoms with E-state index in [2.05, 4.69) is 10.6 Å². The second-order valence-corrected chi connectivity index (χ2v) is 7.99. The molecule has 3 aromatic rings. The highest BCUT2D eigenvalue weighted by atomic mass is 35.5. The maximum Gasteiger partial charge on any atom is 0.283 e. The number of hydrogen-bond acceptors (Lipinski definition) is 5. The first kappa shape index (κ1) is 23.4. The number of halogens is 2. The van der Waals surface area contributed by atoms with Crippen molar-refractivity contribution in [2.45, 2.75) is 6.92 Å². The van der Waals surface area contributed by atoms with E-state index < -0.39 is 11.8 Å². The predicted octanol–water partition coefficient (Wildman–Crippen LogP) is 5.43. The monoisotopic (exact) mass is 495 g/mol. The van der Waals surface area contributed by atoms with Gasteiger partial charge in [-0.1, -0.05) is 41.4 Å². The zero-order valence-electron chi connectivity index (χ0n) is 18.0. The van der Waals surface area contributed by atoms with Gasteiger partial charge in [-0.15, -0.1) is 0 Å². The van der Waals surface area contributed by atoms with Gasteiger partial charge in [-0.05, 0) is 61.5 Å². The number of carbonyl (C=O) groups is 3. The van der Waals surface area contributed by atoms with Gasteiger partial charge in [-0.3, -0.25) is 14.4 Å². The Kier molecular flexibility index (Phi) is 6.86. The molecule has 0 atom stereocenters. The summed E-state index contributed by atoms with van der Waals surface area (Å²) in [7, 11) is 0. The molecule has 0 saturated carbocycles. The van der Waals surface area contributed by atoms with Gasteiger partial charge in [0.05, 0.1) is 17.3 Å². The first-order valence-electron chi connectivity index (χ1n) is 10.3. The van der Waals surface area contributed by atoms with Crippen LogP contribution < -0.4 is 20.3 Å². The van der Waals surface area contributed by atoms with Crippen molar-refractivity contribution >= 4 is 58.0 Å². The summed E-state index contributed by atoms with van der Waals surface area (Å²) in [5.74, 6) is -0.975. The third kappa shape index (κ3) is 4.76. The molecular weight excluding hydrogens is 477 g/mol. The van der Waals surface area contributed by atoms with Crippen LogP contribution in [0.1, 0.15) is 17.3 Å². The third-order valence-corrected chi connectivity index (χ3v) is 5.61. The van der Waals surface area contributed by atoms with Gasteiger partial charge in [0.2, 0.25) is 0 Å². The number of hydrogen-bond donors (Lipinski definition) is 2. The summed E-state index contributed by atoms with van der Waals surface area (Å²) in [5.41, 5.74) is 1.49. The molecule has 172 valence electrons. The number of amides is 3. The van der Waals surface area contributed by atoms with E-state index in [1.165, 1.54) is 0 Å². The van der Waals surface area contributed by atoms with Crippen molar-refractivity contribution < 1.29 is 19.1 Å². The molecule has 1 aliphatic heterocycles. The summed E-state index contributed by atoms with van der Waals surface area (Å²) in [5, 5.41) is 5.64. The molecule has 0 unspecified atom stereocenters. The van der Waals surface area contributed by atoms with Crippen molar-refractivity contribution in [1.82, 2.24) is 0 Å². The fraction of sp³-hybridized carbons (Fsp3) is 0.0800. The molecular formula is C25H19Cl2N3O4. The normalized spacial score (nSPS) is 13.3.